The first-order valence-electron chi connectivity index (χ1n) is 12.5. The Kier molecular flexibility index (Phi) is 5.59. The van der Waals surface area contributed by atoms with Gasteiger partial charge >= 0.3 is 0 Å². The van der Waals surface area contributed by atoms with Gasteiger partial charge in [-0.1, -0.05) is 66.0 Å². The maximum absolute atomic E-state index is 2.74. The molecule has 0 saturated heterocycles. The van der Waals surface area contributed by atoms with Gasteiger partial charge in [-0.05, 0) is 104 Å². The predicted molar refractivity (Wildman–Crippen MR) is 118 cm³/mol. The Bertz CT molecular complexity index is 544. The van der Waals surface area contributed by atoms with E-state index in [1.165, 1.54) is 57.8 Å². The zero-order valence-electron chi connectivity index (χ0n) is 19.0. The lowest BCUT2D eigenvalue weighted by atomic mass is 9.45. The third kappa shape index (κ3) is 3.36. The van der Waals surface area contributed by atoms with Crippen molar-refractivity contribution in [2.75, 3.05) is 0 Å². The molecule has 0 bridgehead atoms. The molecule has 3 fully saturated rings. The van der Waals surface area contributed by atoms with Crippen LogP contribution in [0.2, 0.25) is 0 Å². The summed E-state index contributed by atoms with van der Waals surface area (Å²) in [7, 11) is 0. The highest BCUT2D eigenvalue weighted by Gasteiger charge is 2.59. The summed E-state index contributed by atoms with van der Waals surface area (Å²) in [5, 5.41) is 0. The fourth-order valence-corrected chi connectivity index (χ4v) is 8.86. The highest BCUT2D eigenvalue weighted by molar-refractivity contribution is 5.12. The molecular formula is C27H46. The molecule has 0 aromatic rings. The first-order valence-corrected chi connectivity index (χ1v) is 12.5. The van der Waals surface area contributed by atoms with Gasteiger partial charge in [-0.15, -0.1) is 0 Å². The average Bonchev–Trinajstić information content (AvgIpc) is 2.98. The average molecular weight is 371 g/mol. The van der Waals surface area contributed by atoms with Crippen LogP contribution in [0.1, 0.15) is 105 Å². The minimum atomic E-state index is 0.625. The summed E-state index contributed by atoms with van der Waals surface area (Å²) in [6, 6.07) is 0. The number of hydrogen-bond donors (Lipinski definition) is 0. The van der Waals surface area contributed by atoms with E-state index >= 15 is 0 Å². The maximum atomic E-state index is 2.74. The van der Waals surface area contributed by atoms with Crippen molar-refractivity contribution in [3.63, 3.8) is 0 Å². The van der Waals surface area contributed by atoms with Crippen LogP contribution in [0, 0.1) is 52.3 Å². The van der Waals surface area contributed by atoms with E-state index in [4.69, 9.17) is 0 Å². The Hall–Kier alpha value is -0.260. The molecule has 0 radical (unpaired) electrons. The largest absolute Gasteiger partial charge is 0.0882 e. The van der Waals surface area contributed by atoms with Crippen molar-refractivity contribution < 1.29 is 0 Å². The van der Waals surface area contributed by atoms with E-state index in [9.17, 15) is 0 Å². The van der Waals surface area contributed by atoms with E-state index in [0.717, 1.165) is 41.4 Å². The minimum Gasteiger partial charge on any atom is -0.0882 e. The molecule has 4 aliphatic rings. The molecule has 0 aromatic carbocycles. The van der Waals surface area contributed by atoms with Gasteiger partial charge in [-0.25, -0.2) is 0 Å². The number of fused-ring (bicyclic) bond motifs is 5. The van der Waals surface area contributed by atoms with Gasteiger partial charge in [0.15, 0.2) is 0 Å². The van der Waals surface area contributed by atoms with Gasteiger partial charge in [-0.2, -0.15) is 0 Å². The highest BCUT2D eigenvalue weighted by atomic mass is 14.6. The van der Waals surface area contributed by atoms with Crippen LogP contribution in [-0.2, 0) is 0 Å². The summed E-state index contributed by atoms with van der Waals surface area (Å²) >= 11 is 0. The monoisotopic (exact) mass is 370 g/mol. The van der Waals surface area contributed by atoms with Crippen molar-refractivity contribution in [3.05, 3.63) is 12.2 Å². The standard InChI is InChI=1S/C27H46/c1-19(2)9-8-10-20(3)23-14-15-24-22-13-12-21-11-6-7-17-26(21,4)25(22)16-18-27(23,24)5/h6-7,19-25H,8-18H2,1-5H3/t20-,21-,22+,23-,24+,25+,26+,27-/m1/s1. The second-order valence-corrected chi connectivity index (χ2v) is 12.1. The van der Waals surface area contributed by atoms with Gasteiger partial charge in [0.05, 0.1) is 0 Å². The zero-order chi connectivity index (χ0) is 19.2. The summed E-state index contributed by atoms with van der Waals surface area (Å²) in [6.07, 6.45) is 21.3. The summed E-state index contributed by atoms with van der Waals surface area (Å²) in [5.74, 6) is 6.92. The predicted octanol–water partition coefficient (Wildman–Crippen LogP) is 8.27. The van der Waals surface area contributed by atoms with E-state index in [0.29, 0.717) is 10.8 Å². The van der Waals surface area contributed by atoms with E-state index in [1.54, 1.807) is 12.8 Å². The number of hydrogen-bond acceptors (Lipinski definition) is 0. The molecule has 0 heterocycles. The van der Waals surface area contributed by atoms with Crippen LogP contribution >= 0.6 is 0 Å². The first-order chi connectivity index (χ1) is 12.9. The molecule has 8 atom stereocenters. The molecule has 0 aromatic heterocycles. The molecule has 0 aliphatic heterocycles. The molecule has 0 amide bonds. The fourth-order valence-electron chi connectivity index (χ4n) is 8.86. The Morgan fingerprint density at radius 1 is 0.852 bits per heavy atom. The number of rotatable bonds is 5. The Morgan fingerprint density at radius 3 is 2.41 bits per heavy atom. The molecular weight excluding hydrogens is 324 g/mol. The molecule has 0 spiro atoms. The van der Waals surface area contributed by atoms with Crippen LogP contribution in [0.5, 0.6) is 0 Å². The smallest absolute Gasteiger partial charge is 0.0229 e. The molecule has 0 unspecified atom stereocenters. The molecule has 154 valence electrons. The second kappa shape index (κ2) is 7.53. The van der Waals surface area contributed by atoms with Gasteiger partial charge in [0.1, 0.15) is 0 Å². The van der Waals surface area contributed by atoms with Crippen LogP contribution in [0.4, 0.5) is 0 Å². The zero-order valence-corrected chi connectivity index (χ0v) is 19.0. The normalized spacial score (nSPS) is 47.4. The van der Waals surface area contributed by atoms with E-state index in [1.807, 2.05) is 0 Å². The van der Waals surface area contributed by atoms with Crippen molar-refractivity contribution in [1.29, 1.82) is 0 Å². The van der Waals surface area contributed by atoms with E-state index in [-0.39, 0.29) is 0 Å². The van der Waals surface area contributed by atoms with Gasteiger partial charge in [-0.3, -0.25) is 0 Å². The molecule has 0 heteroatoms. The van der Waals surface area contributed by atoms with Crippen LogP contribution < -0.4 is 0 Å². The lowest BCUT2D eigenvalue weighted by Crippen LogP contribution is -2.52. The lowest BCUT2D eigenvalue weighted by molar-refractivity contribution is -0.101. The minimum absolute atomic E-state index is 0.625. The quantitative estimate of drug-likeness (QED) is 0.427. The maximum Gasteiger partial charge on any atom is -0.0229 e. The van der Waals surface area contributed by atoms with Crippen LogP contribution in [0.15, 0.2) is 12.2 Å². The molecule has 4 aliphatic carbocycles. The third-order valence-electron chi connectivity index (χ3n) is 10.4. The SMILES string of the molecule is CC(C)CCC[C@@H](C)[C@H]1CC[C@H]2[C@@H]3CC[C@H]4CC=CC[C@]4(C)[C@H]3CC[C@]12C. The lowest BCUT2D eigenvalue weighted by Gasteiger charge is -2.60. The van der Waals surface area contributed by atoms with Crippen LogP contribution in [0.25, 0.3) is 0 Å². The summed E-state index contributed by atoms with van der Waals surface area (Å²) < 4.78 is 0. The van der Waals surface area contributed by atoms with Crippen molar-refractivity contribution >= 4 is 0 Å². The van der Waals surface area contributed by atoms with Gasteiger partial charge in [0, 0.05) is 0 Å². The number of allylic oxidation sites excluding steroid dienone is 2. The van der Waals surface area contributed by atoms with Crippen LogP contribution in [0.3, 0.4) is 0 Å². The molecule has 0 N–H and O–H groups in total. The van der Waals surface area contributed by atoms with Gasteiger partial charge in [0.25, 0.3) is 0 Å². The van der Waals surface area contributed by atoms with E-state index in [2.05, 4.69) is 46.8 Å². The molecule has 27 heavy (non-hydrogen) atoms. The van der Waals surface area contributed by atoms with Crippen molar-refractivity contribution in [1.82, 2.24) is 0 Å². The molecule has 3 saturated carbocycles. The van der Waals surface area contributed by atoms with E-state index < -0.39 is 0 Å². The summed E-state index contributed by atoms with van der Waals surface area (Å²) in [6.45, 7) is 12.8. The van der Waals surface area contributed by atoms with Crippen LogP contribution in [-0.4, -0.2) is 0 Å². The first kappa shape index (κ1) is 20.0. The van der Waals surface area contributed by atoms with Crippen molar-refractivity contribution in [2.24, 2.45) is 52.3 Å². The second-order valence-electron chi connectivity index (χ2n) is 12.1. The topological polar surface area (TPSA) is 0 Å². The molecule has 0 nitrogen and oxygen atoms in total. The fraction of sp³-hybridized carbons (Fsp3) is 0.926. The van der Waals surface area contributed by atoms with Gasteiger partial charge in [0.2, 0.25) is 0 Å². The van der Waals surface area contributed by atoms with Crippen molar-refractivity contribution in [2.45, 2.75) is 105 Å². The summed E-state index contributed by atoms with van der Waals surface area (Å²) in [4.78, 5) is 0. The highest BCUT2D eigenvalue weighted by Crippen LogP contribution is 2.68. The third-order valence-corrected chi connectivity index (χ3v) is 10.4. The Labute approximate surface area is 170 Å². The summed E-state index contributed by atoms with van der Waals surface area (Å²) in [5.41, 5.74) is 1.28. The van der Waals surface area contributed by atoms with Crippen molar-refractivity contribution in [3.8, 4) is 0 Å². The Balaban J connectivity index is 1.47. The van der Waals surface area contributed by atoms with Gasteiger partial charge < -0.3 is 0 Å². The Morgan fingerprint density at radius 2 is 1.63 bits per heavy atom. The molecule has 4 rings (SSSR count).